The van der Waals surface area contributed by atoms with E-state index in [1.807, 2.05) is 12.1 Å². The summed E-state index contributed by atoms with van der Waals surface area (Å²) in [6.45, 7) is 2.70. The number of phenols is 1. The number of hydrogen-bond acceptors (Lipinski definition) is 3. The molecule has 24 heavy (non-hydrogen) atoms. The van der Waals surface area contributed by atoms with Crippen LogP contribution in [0.3, 0.4) is 0 Å². The molecule has 0 aliphatic carbocycles. The van der Waals surface area contributed by atoms with Gasteiger partial charge in [-0.2, -0.15) is 0 Å². The first-order valence-corrected chi connectivity index (χ1v) is 8.94. The molecule has 4 nitrogen and oxygen atoms in total. The van der Waals surface area contributed by atoms with Gasteiger partial charge in [-0.3, -0.25) is 4.79 Å². The SMILES string of the molecule is O=C(Cc1ccc(O)cc1)NC[C@@H]1CCN(c2cccc(Br)c2)C1. The molecule has 2 N–H and O–H groups in total. The molecule has 5 heteroatoms. The van der Waals surface area contributed by atoms with Crippen LogP contribution in [0.1, 0.15) is 12.0 Å². The van der Waals surface area contributed by atoms with Gasteiger partial charge in [-0.1, -0.05) is 34.1 Å². The number of benzene rings is 2. The molecule has 1 saturated heterocycles. The Morgan fingerprint density at radius 2 is 2.04 bits per heavy atom. The molecule has 0 unspecified atom stereocenters. The monoisotopic (exact) mass is 388 g/mol. The molecule has 1 heterocycles. The van der Waals surface area contributed by atoms with E-state index in [-0.39, 0.29) is 11.7 Å². The van der Waals surface area contributed by atoms with Crippen molar-refractivity contribution in [2.45, 2.75) is 12.8 Å². The number of aromatic hydroxyl groups is 1. The van der Waals surface area contributed by atoms with Crippen molar-refractivity contribution in [3.05, 3.63) is 58.6 Å². The molecule has 0 saturated carbocycles. The third kappa shape index (κ3) is 4.51. The Bertz CT molecular complexity index is 703. The number of nitrogens with one attached hydrogen (secondary N) is 1. The number of amides is 1. The summed E-state index contributed by atoms with van der Waals surface area (Å²) in [6, 6.07) is 15.1. The fourth-order valence-electron chi connectivity index (χ4n) is 3.03. The maximum absolute atomic E-state index is 12.1. The van der Waals surface area contributed by atoms with Crippen LogP contribution in [-0.4, -0.2) is 30.6 Å². The molecule has 1 fully saturated rings. The molecule has 2 aromatic rings. The number of nitrogens with zero attached hydrogens (tertiary/aromatic N) is 1. The molecule has 1 atom stereocenters. The average molecular weight is 389 g/mol. The molecule has 2 aromatic carbocycles. The first-order chi connectivity index (χ1) is 11.6. The van der Waals surface area contributed by atoms with Gasteiger partial charge in [-0.05, 0) is 48.2 Å². The number of carbonyl (C=O) groups is 1. The van der Waals surface area contributed by atoms with Crippen LogP contribution in [0.5, 0.6) is 5.75 Å². The maximum atomic E-state index is 12.1. The van der Waals surface area contributed by atoms with E-state index >= 15 is 0 Å². The standard InChI is InChI=1S/C19H21BrN2O2/c20-16-2-1-3-17(11-16)22-9-8-15(13-22)12-21-19(24)10-14-4-6-18(23)7-5-14/h1-7,11,15,23H,8-10,12-13H2,(H,21,24)/t15-/m0/s1. The van der Waals surface area contributed by atoms with E-state index in [1.165, 1.54) is 5.69 Å². The fourth-order valence-corrected chi connectivity index (χ4v) is 3.41. The number of rotatable bonds is 5. The zero-order valence-corrected chi connectivity index (χ0v) is 15.0. The lowest BCUT2D eigenvalue weighted by Crippen LogP contribution is -2.32. The van der Waals surface area contributed by atoms with Gasteiger partial charge in [0, 0.05) is 29.8 Å². The van der Waals surface area contributed by atoms with E-state index in [1.54, 1.807) is 24.3 Å². The van der Waals surface area contributed by atoms with Gasteiger partial charge < -0.3 is 15.3 Å². The molecule has 3 rings (SSSR count). The number of hydrogen-bond donors (Lipinski definition) is 2. The highest BCUT2D eigenvalue weighted by Crippen LogP contribution is 2.25. The van der Waals surface area contributed by atoms with Crippen molar-refractivity contribution in [1.29, 1.82) is 0 Å². The minimum atomic E-state index is 0.0293. The van der Waals surface area contributed by atoms with E-state index < -0.39 is 0 Å². The predicted octanol–water partition coefficient (Wildman–Crippen LogP) is 3.34. The Morgan fingerprint density at radius 1 is 1.25 bits per heavy atom. The van der Waals surface area contributed by atoms with Gasteiger partial charge in [0.15, 0.2) is 0 Å². The molecule has 1 aliphatic rings. The molecule has 1 aliphatic heterocycles. The lowest BCUT2D eigenvalue weighted by Gasteiger charge is -2.19. The molecule has 0 spiro atoms. The zero-order valence-electron chi connectivity index (χ0n) is 13.4. The fraction of sp³-hybridized carbons (Fsp3) is 0.316. The minimum absolute atomic E-state index is 0.0293. The van der Waals surface area contributed by atoms with Gasteiger partial charge >= 0.3 is 0 Å². The van der Waals surface area contributed by atoms with Gasteiger partial charge in [0.1, 0.15) is 5.75 Å². The van der Waals surface area contributed by atoms with E-state index in [2.05, 4.69) is 38.3 Å². The van der Waals surface area contributed by atoms with Crippen LogP contribution < -0.4 is 10.2 Å². The lowest BCUT2D eigenvalue weighted by molar-refractivity contribution is -0.120. The second-order valence-corrected chi connectivity index (χ2v) is 7.14. The van der Waals surface area contributed by atoms with E-state index in [0.29, 0.717) is 18.9 Å². The van der Waals surface area contributed by atoms with Crippen LogP contribution in [0.15, 0.2) is 53.0 Å². The summed E-state index contributed by atoms with van der Waals surface area (Å²) in [5.74, 6) is 0.729. The van der Waals surface area contributed by atoms with Crippen LogP contribution in [0.4, 0.5) is 5.69 Å². The van der Waals surface area contributed by atoms with Gasteiger partial charge in [-0.15, -0.1) is 0 Å². The van der Waals surface area contributed by atoms with Crippen molar-refractivity contribution in [2.75, 3.05) is 24.5 Å². The van der Waals surface area contributed by atoms with Gasteiger partial charge in [0.2, 0.25) is 5.91 Å². The maximum Gasteiger partial charge on any atom is 0.224 e. The number of phenolic OH excluding ortho intramolecular Hbond substituents is 1. The molecule has 126 valence electrons. The number of carbonyl (C=O) groups excluding carboxylic acids is 1. The van der Waals surface area contributed by atoms with E-state index in [0.717, 1.165) is 29.5 Å². The first-order valence-electron chi connectivity index (χ1n) is 8.15. The van der Waals surface area contributed by atoms with E-state index in [4.69, 9.17) is 0 Å². The number of halogens is 1. The summed E-state index contributed by atoms with van der Waals surface area (Å²) in [4.78, 5) is 14.4. The predicted molar refractivity (Wildman–Crippen MR) is 99.3 cm³/mol. The highest BCUT2D eigenvalue weighted by molar-refractivity contribution is 9.10. The summed E-state index contributed by atoms with van der Waals surface area (Å²) in [6.07, 6.45) is 1.44. The lowest BCUT2D eigenvalue weighted by atomic mass is 10.1. The topological polar surface area (TPSA) is 52.6 Å². The van der Waals surface area contributed by atoms with Crippen LogP contribution >= 0.6 is 15.9 Å². The third-order valence-corrected chi connectivity index (χ3v) is 4.84. The van der Waals surface area contributed by atoms with Gasteiger partial charge in [0.05, 0.1) is 6.42 Å². The van der Waals surface area contributed by atoms with Crippen molar-refractivity contribution >= 4 is 27.5 Å². The molecular formula is C19H21BrN2O2. The zero-order chi connectivity index (χ0) is 16.9. The van der Waals surface area contributed by atoms with Gasteiger partial charge in [-0.25, -0.2) is 0 Å². The minimum Gasteiger partial charge on any atom is -0.508 e. The summed E-state index contributed by atoms with van der Waals surface area (Å²) < 4.78 is 1.09. The average Bonchev–Trinajstić information content (AvgIpc) is 3.04. The Morgan fingerprint density at radius 3 is 2.79 bits per heavy atom. The Balaban J connectivity index is 1.45. The summed E-state index contributed by atoms with van der Waals surface area (Å²) in [5.41, 5.74) is 2.13. The smallest absolute Gasteiger partial charge is 0.224 e. The normalized spacial score (nSPS) is 17.0. The quantitative estimate of drug-likeness (QED) is 0.825. The second-order valence-electron chi connectivity index (χ2n) is 6.23. The molecule has 1 amide bonds. The Hall–Kier alpha value is -2.01. The summed E-state index contributed by atoms with van der Waals surface area (Å²) in [5, 5.41) is 12.3. The van der Waals surface area contributed by atoms with Crippen LogP contribution in [0, 0.1) is 5.92 Å². The van der Waals surface area contributed by atoms with Crippen molar-refractivity contribution in [3.8, 4) is 5.75 Å². The van der Waals surface area contributed by atoms with Crippen LogP contribution in [0.25, 0.3) is 0 Å². The molecular weight excluding hydrogens is 368 g/mol. The summed E-state index contributed by atoms with van der Waals surface area (Å²) in [7, 11) is 0. The second kappa shape index (κ2) is 7.71. The van der Waals surface area contributed by atoms with Crippen molar-refractivity contribution in [2.24, 2.45) is 5.92 Å². The van der Waals surface area contributed by atoms with Crippen LogP contribution in [-0.2, 0) is 11.2 Å². The largest absolute Gasteiger partial charge is 0.508 e. The number of anilines is 1. The highest BCUT2D eigenvalue weighted by atomic mass is 79.9. The third-order valence-electron chi connectivity index (χ3n) is 4.35. The van der Waals surface area contributed by atoms with Crippen molar-refractivity contribution in [3.63, 3.8) is 0 Å². The first kappa shape index (κ1) is 16.8. The van der Waals surface area contributed by atoms with E-state index in [9.17, 15) is 9.90 Å². The van der Waals surface area contributed by atoms with Crippen molar-refractivity contribution in [1.82, 2.24) is 5.32 Å². The molecule has 0 bridgehead atoms. The Labute approximate surface area is 150 Å². The van der Waals surface area contributed by atoms with Crippen molar-refractivity contribution < 1.29 is 9.90 Å². The van der Waals surface area contributed by atoms with Gasteiger partial charge in [0.25, 0.3) is 0 Å². The summed E-state index contributed by atoms with van der Waals surface area (Å²) >= 11 is 3.51. The highest BCUT2D eigenvalue weighted by Gasteiger charge is 2.23. The molecule has 0 aromatic heterocycles. The Kier molecular flexibility index (Phi) is 5.41. The molecule has 0 radical (unpaired) electrons. The van der Waals surface area contributed by atoms with Crippen LogP contribution in [0.2, 0.25) is 0 Å².